The maximum atomic E-state index is 8.42. The van der Waals surface area contributed by atoms with Gasteiger partial charge in [-0.15, -0.1) is 0 Å². The molecule has 0 bridgehead atoms. The quantitative estimate of drug-likeness (QED) is 0.452. The lowest BCUT2D eigenvalue weighted by Gasteiger charge is -1.82. The Kier molecular flexibility index (Phi) is 0.708. The average molecular weight is 84.1 g/mol. The van der Waals surface area contributed by atoms with Crippen molar-refractivity contribution in [2.45, 2.75) is 6.42 Å². The molecule has 0 amide bonds. The minimum Gasteiger partial charge on any atom is -0.494 e. The number of hydrogen-bond donors (Lipinski definition) is 1. The van der Waals surface area contributed by atoms with Crippen molar-refractivity contribution in [3.63, 3.8) is 0 Å². The second-order valence-corrected chi connectivity index (χ2v) is 1.23. The minimum absolute atomic E-state index is 0.204. The third kappa shape index (κ3) is 0.455. The highest BCUT2D eigenvalue weighted by atomic mass is 16.3. The monoisotopic (exact) mass is 84.0 g/mol. The summed E-state index contributed by atoms with van der Waals surface area (Å²) in [6.45, 7) is 0.770. The van der Waals surface area contributed by atoms with E-state index >= 15 is 0 Å². The van der Waals surface area contributed by atoms with Crippen molar-refractivity contribution >= 4 is 0 Å². The number of rotatable bonds is 0. The second-order valence-electron chi connectivity index (χ2n) is 1.23. The van der Waals surface area contributed by atoms with Gasteiger partial charge >= 0.3 is 0 Å². The first-order valence-electron chi connectivity index (χ1n) is 1.96. The lowest BCUT2D eigenvalue weighted by molar-refractivity contribution is 0.375. The normalized spacial score (nSPS) is 19.7. The van der Waals surface area contributed by atoms with Crippen LogP contribution in [0.3, 0.4) is 0 Å². The predicted octanol–water partition coefficient (Wildman–Crippen LogP) is 0.394. The first-order valence-corrected chi connectivity index (χ1v) is 1.96. The van der Waals surface area contributed by atoms with Gasteiger partial charge in [0.15, 0.2) is 0 Å². The van der Waals surface area contributed by atoms with Crippen molar-refractivity contribution in [1.29, 1.82) is 0 Å². The summed E-state index contributed by atoms with van der Waals surface area (Å²) in [5, 5.41) is 12.1. The van der Waals surface area contributed by atoms with Gasteiger partial charge in [0, 0.05) is 6.54 Å². The van der Waals surface area contributed by atoms with E-state index in [1.165, 1.54) is 0 Å². The van der Waals surface area contributed by atoms with Gasteiger partial charge in [0.25, 0.3) is 0 Å². The molecule has 0 aromatic rings. The summed E-state index contributed by atoms with van der Waals surface area (Å²) in [7, 11) is 0. The molecule has 0 saturated heterocycles. The molecule has 1 radical (unpaired) electrons. The Hall–Kier alpha value is -0.660. The predicted molar refractivity (Wildman–Crippen MR) is 22.3 cm³/mol. The fraction of sp³-hybridized carbons (Fsp3) is 0.500. The Morgan fingerprint density at radius 2 is 2.67 bits per heavy atom. The van der Waals surface area contributed by atoms with Gasteiger partial charge in [-0.25, -0.2) is 0 Å². The Labute approximate surface area is 36.5 Å². The fourth-order valence-electron chi connectivity index (χ4n) is 0.437. The molecule has 1 N–H and O–H groups in total. The van der Waals surface area contributed by atoms with Gasteiger partial charge in [-0.3, -0.25) is 5.32 Å². The van der Waals surface area contributed by atoms with Crippen LogP contribution in [0.25, 0.3) is 0 Å². The van der Waals surface area contributed by atoms with Crippen molar-refractivity contribution < 1.29 is 5.11 Å². The largest absolute Gasteiger partial charge is 0.494 e. The molecule has 33 valence electrons. The first kappa shape index (κ1) is 3.53. The summed E-state index contributed by atoms with van der Waals surface area (Å²) < 4.78 is 0. The zero-order chi connectivity index (χ0) is 4.41. The Morgan fingerprint density at radius 1 is 1.83 bits per heavy atom. The van der Waals surface area contributed by atoms with Gasteiger partial charge in [0.1, 0.15) is 0 Å². The van der Waals surface area contributed by atoms with Crippen LogP contribution in [0.15, 0.2) is 12.0 Å². The summed E-state index contributed by atoms with van der Waals surface area (Å²) in [5.41, 5.74) is 0. The molecule has 0 saturated carbocycles. The van der Waals surface area contributed by atoms with Crippen LogP contribution in [0.4, 0.5) is 0 Å². The third-order valence-corrected chi connectivity index (χ3v) is 0.730. The SMILES string of the molecule is OC1=CCC[N]1. The van der Waals surface area contributed by atoms with Crippen molar-refractivity contribution in [3.8, 4) is 0 Å². The summed E-state index contributed by atoms with van der Waals surface area (Å²) in [4.78, 5) is 0. The molecule has 0 unspecified atom stereocenters. The summed E-state index contributed by atoms with van der Waals surface area (Å²) in [6, 6.07) is 0. The van der Waals surface area contributed by atoms with E-state index in [1.54, 1.807) is 6.08 Å². The highest BCUT2D eigenvalue weighted by Crippen LogP contribution is 1.96. The van der Waals surface area contributed by atoms with E-state index in [4.69, 9.17) is 5.11 Å². The van der Waals surface area contributed by atoms with E-state index in [0.29, 0.717) is 0 Å². The standard InChI is InChI=1S/C4H6NO/c6-4-2-1-3-5-4/h2,6H,1,3H2. The Bertz CT molecular complexity index is 77.6. The van der Waals surface area contributed by atoms with Crippen LogP contribution >= 0.6 is 0 Å². The smallest absolute Gasteiger partial charge is 0.201 e. The third-order valence-electron chi connectivity index (χ3n) is 0.730. The summed E-state index contributed by atoms with van der Waals surface area (Å²) in [5.74, 6) is 0.204. The molecule has 2 heteroatoms. The molecule has 0 fully saturated rings. The van der Waals surface area contributed by atoms with Crippen LogP contribution < -0.4 is 5.32 Å². The number of aliphatic hydroxyl groups is 1. The molecular weight excluding hydrogens is 78.0 g/mol. The molecule has 0 spiro atoms. The zero-order valence-corrected chi connectivity index (χ0v) is 3.39. The van der Waals surface area contributed by atoms with Gasteiger partial charge in [0.05, 0.1) is 0 Å². The summed E-state index contributed by atoms with van der Waals surface area (Å²) in [6.07, 6.45) is 2.62. The van der Waals surface area contributed by atoms with E-state index in [-0.39, 0.29) is 5.88 Å². The van der Waals surface area contributed by atoms with Gasteiger partial charge in [0.2, 0.25) is 5.88 Å². The molecular formula is C4H6NO. The maximum absolute atomic E-state index is 8.42. The number of aliphatic hydroxyl groups excluding tert-OH is 1. The van der Waals surface area contributed by atoms with Crippen LogP contribution in [0.1, 0.15) is 6.42 Å². The minimum atomic E-state index is 0.204. The van der Waals surface area contributed by atoms with Crippen LogP contribution in [-0.4, -0.2) is 11.7 Å². The molecule has 2 nitrogen and oxygen atoms in total. The fourth-order valence-corrected chi connectivity index (χ4v) is 0.437. The van der Waals surface area contributed by atoms with E-state index in [2.05, 4.69) is 5.32 Å². The topological polar surface area (TPSA) is 34.3 Å². The molecule has 0 atom stereocenters. The summed E-state index contributed by atoms with van der Waals surface area (Å²) >= 11 is 0. The Balaban J connectivity index is 2.45. The van der Waals surface area contributed by atoms with Crippen molar-refractivity contribution in [2.24, 2.45) is 0 Å². The highest BCUT2D eigenvalue weighted by Gasteiger charge is 1.98. The van der Waals surface area contributed by atoms with Gasteiger partial charge in [-0.2, -0.15) is 0 Å². The van der Waals surface area contributed by atoms with E-state index < -0.39 is 0 Å². The maximum Gasteiger partial charge on any atom is 0.201 e. The lowest BCUT2D eigenvalue weighted by atomic mass is 10.5. The van der Waals surface area contributed by atoms with Crippen LogP contribution in [0, 0.1) is 0 Å². The number of hydrogen-bond acceptors (Lipinski definition) is 1. The highest BCUT2D eigenvalue weighted by molar-refractivity contribution is 4.94. The van der Waals surface area contributed by atoms with Crippen LogP contribution in [0.2, 0.25) is 0 Å². The van der Waals surface area contributed by atoms with Crippen molar-refractivity contribution in [3.05, 3.63) is 12.0 Å². The molecule has 1 aliphatic rings. The average Bonchev–Trinajstić information content (AvgIpc) is 1.86. The van der Waals surface area contributed by atoms with Gasteiger partial charge in [-0.05, 0) is 12.5 Å². The van der Waals surface area contributed by atoms with E-state index in [1.807, 2.05) is 0 Å². The molecule has 0 aliphatic carbocycles. The van der Waals surface area contributed by atoms with Crippen molar-refractivity contribution in [2.75, 3.05) is 6.54 Å². The van der Waals surface area contributed by atoms with E-state index in [9.17, 15) is 0 Å². The van der Waals surface area contributed by atoms with Crippen LogP contribution in [-0.2, 0) is 0 Å². The van der Waals surface area contributed by atoms with Gasteiger partial charge in [-0.1, -0.05) is 0 Å². The van der Waals surface area contributed by atoms with Crippen LogP contribution in [0.5, 0.6) is 0 Å². The number of nitrogens with zero attached hydrogens (tertiary/aromatic N) is 1. The van der Waals surface area contributed by atoms with Crippen molar-refractivity contribution in [1.82, 2.24) is 5.32 Å². The molecule has 1 heterocycles. The van der Waals surface area contributed by atoms with Gasteiger partial charge < -0.3 is 5.11 Å². The molecule has 1 aliphatic heterocycles. The molecule has 1 rings (SSSR count). The zero-order valence-electron chi connectivity index (χ0n) is 3.39. The first-order chi connectivity index (χ1) is 2.89. The molecule has 6 heavy (non-hydrogen) atoms. The lowest BCUT2D eigenvalue weighted by Crippen LogP contribution is -1.95. The Morgan fingerprint density at radius 3 is 2.83 bits per heavy atom. The molecule has 0 aromatic carbocycles. The van der Waals surface area contributed by atoms with E-state index in [0.717, 1.165) is 13.0 Å². The second kappa shape index (κ2) is 1.20. The molecule has 0 aromatic heterocycles.